The van der Waals surface area contributed by atoms with Gasteiger partial charge in [-0.2, -0.15) is 0 Å². The zero-order chi connectivity index (χ0) is 17.4. The van der Waals surface area contributed by atoms with Gasteiger partial charge < -0.3 is 19.9 Å². The summed E-state index contributed by atoms with van der Waals surface area (Å²) in [5.41, 5.74) is 2.61. The van der Waals surface area contributed by atoms with Crippen LogP contribution in [-0.2, 0) is 16.1 Å². The molecule has 0 radical (unpaired) electrons. The summed E-state index contributed by atoms with van der Waals surface area (Å²) < 4.78 is 4.63. The maximum absolute atomic E-state index is 11.1. The highest BCUT2D eigenvalue weighted by Crippen LogP contribution is 2.25. The van der Waals surface area contributed by atoms with Crippen molar-refractivity contribution in [2.24, 2.45) is 0 Å². The summed E-state index contributed by atoms with van der Waals surface area (Å²) in [7, 11) is 3.41. The maximum atomic E-state index is 11.1. The second kappa shape index (κ2) is 9.47. The molecule has 0 aromatic heterocycles. The number of ether oxygens (including phenoxy) is 1. The first-order chi connectivity index (χ1) is 11.6. The first kappa shape index (κ1) is 18.5. The summed E-state index contributed by atoms with van der Waals surface area (Å²) in [4.78, 5) is 15.6. The normalized spacial score (nSPS) is 13.7. The molecule has 1 fully saturated rings. The third-order valence-electron chi connectivity index (χ3n) is 4.25. The van der Waals surface area contributed by atoms with Crippen molar-refractivity contribution in [1.29, 1.82) is 0 Å². The van der Waals surface area contributed by atoms with Crippen LogP contribution in [0.3, 0.4) is 0 Å². The Morgan fingerprint density at radius 1 is 1.33 bits per heavy atom. The molecule has 1 aromatic carbocycles. The van der Waals surface area contributed by atoms with Crippen LogP contribution >= 0.6 is 12.2 Å². The van der Waals surface area contributed by atoms with Crippen molar-refractivity contribution >= 4 is 29.0 Å². The smallest absolute Gasteiger partial charge is 0.305 e. The number of carbonyl (C=O) groups excluding carboxylic acids is 1. The van der Waals surface area contributed by atoms with Gasteiger partial charge in [0.1, 0.15) is 0 Å². The zero-order valence-electron chi connectivity index (χ0n) is 14.6. The van der Waals surface area contributed by atoms with Gasteiger partial charge in [0, 0.05) is 45.3 Å². The van der Waals surface area contributed by atoms with Crippen LogP contribution in [0.5, 0.6) is 0 Å². The van der Waals surface area contributed by atoms with Crippen molar-refractivity contribution in [3.63, 3.8) is 0 Å². The summed E-state index contributed by atoms with van der Waals surface area (Å²) in [5, 5.41) is 3.91. The number of esters is 1. The van der Waals surface area contributed by atoms with E-state index in [0.29, 0.717) is 24.5 Å². The van der Waals surface area contributed by atoms with Gasteiger partial charge in [-0.3, -0.25) is 4.79 Å². The van der Waals surface area contributed by atoms with Crippen LogP contribution in [0.15, 0.2) is 24.3 Å². The molecule has 1 aliphatic heterocycles. The Morgan fingerprint density at radius 2 is 2.04 bits per heavy atom. The van der Waals surface area contributed by atoms with Crippen molar-refractivity contribution in [2.45, 2.75) is 32.2 Å². The Labute approximate surface area is 150 Å². The van der Waals surface area contributed by atoms with Crippen molar-refractivity contribution in [2.75, 3.05) is 38.7 Å². The second-order valence-corrected chi connectivity index (χ2v) is 6.48. The molecule has 2 rings (SSSR count). The van der Waals surface area contributed by atoms with Gasteiger partial charge in [-0.05, 0) is 43.1 Å². The molecule has 0 atom stereocenters. The predicted octanol–water partition coefficient (Wildman–Crippen LogP) is 2.55. The molecule has 5 nitrogen and oxygen atoms in total. The summed E-state index contributed by atoms with van der Waals surface area (Å²) in [6.07, 6.45) is 3.66. The molecule has 132 valence electrons. The van der Waals surface area contributed by atoms with Gasteiger partial charge in [0.05, 0.1) is 7.11 Å². The van der Waals surface area contributed by atoms with Gasteiger partial charge in [-0.25, -0.2) is 0 Å². The number of methoxy groups -OCH3 is 1. The van der Waals surface area contributed by atoms with Crippen molar-refractivity contribution in [3.8, 4) is 0 Å². The molecular formula is C18H27N3O2S. The number of rotatable bonds is 7. The van der Waals surface area contributed by atoms with E-state index in [2.05, 4.69) is 39.2 Å². The monoisotopic (exact) mass is 349 g/mol. The number of hydrogen-bond donors (Lipinski definition) is 1. The molecule has 0 aliphatic carbocycles. The highest BCUT2D eigenvalue weighted by molar-refractivity contribution is 7.80. The maximum Gasteiger partial charge on any atom is 0.305 e. The molecule has 1 aromatic rings. The minimum atomic E-state index is -0.185. The number of para-hydroxylation sites is 1. The first-order valence-corrected chi connectivity index (χ1v) is 8.91. The number of anilines is 1. The highest BCUT2D eigenvalue weighted by Gasteiger charge is 2.16. The lowest BCUT2D eigenvalue weighted by Crippen LogP contribution is -2.37. The van der Waals surface area contributed by atoms with E-state index in [1.54, 1.807) is 0 Å². The molecule has 24 heavy (non-hydrogen) atoms. The summed E-state index contributed by atoms with van der Waals surface area (Å²) in [6.45, 7) is 3.72. The van der Waals surface area contributed by atoms with Crippen LogP contribution in [-0.4, -0.2) is 49.8 Å². The van der Waals surface area contributed by atoms with E-state index in [4.69, 9.17) is 12.2 Å². The number of hydrogen-bond acceptors (Lipinski definition) is 4. The SMILES string of the molecule is COC(=O)CCCNC(=S)N(C)Cc1ccccc1N1CCCC1. The third kappa shape index (κ3) is 5.37. The number of nitrogens with zero attached hydrogens (tertiary/aromatic N) is 2. The molecule has 1 N–H and O–H groups in total. The van der Waals surface area contributed by atoms with E-state index in [1.807, 2.05) is 11.9 Å². The Hall–Kier alpha value is -1.82. The van der Waals surface area contributed by atoms with Crippen molar-refractivity contribution < 1.29 is 9.53 Å². The van der Waals surface area contributed by atoms with Crippen molar-refractivity contribution in [3.05, 3.63) is 29.8 Å². The van der Waals surface area contributed by atoms with Gasteiger partial charge in [-0.15, -0.1) is 0 Å². The van der Waals surface area contributed by atoms with Gasteiger partial charge in [-0.1, -0.05) is 18.2 Å². The lowest BCUT2D eigenvalue weighted by Gasteiger charge is -2.26. The zero-order valence-corrected chi connectivity index (χ0v) is 15.4. The van der Waals surface area contributed by atoms with E-state index in [1.165, 1.54) is 31.2 Å². The lowest BCUT2D eigenvalue weighted by molar-refractivity contribution is -0.140. The van der Waals surface area contributed by atoms with Crippen LogP contribution in [0.4, 0.5) is 5.69 Å². The first-order valence-electron chi connectivity index (χ1n) is 8.50. The van der Waals surface area contributed by atoms with E-state index in [-0.39, 0.29) is 5.97 Å². The van der Waals surface area contributed by atoms with Crippen LogP contribution in [0.1, 0.15) is 31.2 Å². The lowest BCUT2D eigenvalue weighted by atomic mass is 10.1. The van der Waals surface area contributed by atoms with Gasteiger partial charge in [0.2, 0.25) is 0 Å². The Kier molecular flexibility index (Phi) is 7.31. The third-order valence-corrected chi connectivity index (χ3v) is 4.71. The standard InChI is InChI=1S/C18H27N3O2S/c1-20(18(24)19-11-7-10-17(22)23-2)14-15-8-3-4-9-16(15)21-12-5-6-13-21/h3-4,8-9H,5-7,10-14H2,1-2H3,(H,19,24). The summed E-state index contributed by atoms with van der Waals surface area (Å²) in [6, 6.07) is 8.54. The number of thiocarbonyl (C=S) groups is 1. The van der Waals surface area contributed by atoms with Crippen molar-refractivity contribution in [1.82, 2.24) is 10.2 Å². The number of carbonyl (C=O) groups is 1. The van der Waals surface area contributed by atoms with Gasteiger partial charge in [0.15, 0.2) is 5.11 Å². The Bertz CT molecular complexity index is 559. The van der Waals surface area contributed by atoms with Crippen LogP contribution in [0.25, 0.3) is 0 Å². The Morgan fingerprint density at radius 3 is 2.75 bits per heavy atom. The van der Waals surface area contributed by atoms with Gasteiger partial charge in [0.25, 0.3) is 0 Å². The molecule has 0 unspecified atom stereocenters. The van der Waals surface area contributed by atoms with E-state index in [9.17, 15) is 4.79 Å². The van der Waals surface area contributed by atoms with Crippen LogP contribution < -0.4 is 10.2 Å². The Balaban J connectivity index is 1.84. The molecule has 1 heterocycles. The molecule has 6 heteroatoms. The minimum Gasteiger partial charge on any atom is -0.469 e. The van der Waals surface area contributed by atoms with Crippen LogP contribution in [0, 0.1) is 0 Å². The predicted molar refractivity (Wildman–Crippen MR) is 101 cm³/mol. The molecule has 0 saturated carbocycles. The van der Waals surface area contributed by atoms with Gasteiger partial charge >= 0.3 is 5.97 Å². The number of benzene rings is 1. The van der Waals surface area contributed by atoms with E-state index in [0.717, 1.165) is 19.6 Å². The highest BCUT2D eigenvalue weighted by atomic mass is 32.1. The molecule has 0 spiro atoms. The van der Waals surface area contributed by atoms with E-state index >= 15 is 0 Å². The van der Waals surface area contributed by atoms with Crippen LogP contribution in [0.2, 0.25) is 0 Å². The molecule has 0 bridgehead atoms. The topological polar surface area (TPSA) is 44.8 Å². The summed E-state index contributed by atoms with van der Waals surface area (Å²) in [5.74, 6) is -0.185. The largest absolute Gasteiger partial charge is 0.469 e. The second-order valence-electron chi connectivity index (χ2n) is 6.09. The fraction of sp³-hybridized carbons (Fsp3) is 0.556. The quantitative estimate of drug-likeness (QED) is 0.464. The molecular weight excluding hydrogens is 322 g/mol. The fourth-order valence-electron chi connectivity index (χ4n) is 2.90. The van der Waals surface area contributed by atoms with E-state index < -0.39 is 0 Å². The molecule has 1 aliphatic rings. The molecule has 1 saturated heterocycles. The summed E-state index contributed by atoms with van der Waals surface area (Å²) >= 11 is 5.45. The fourth-order valence-corrected chi connectivity index (χ4v) is 3.07. The average Bonchev–Trinajstić information content (AvgIpc) is 3.13. The number of nitrogens with one attached hydrogen (secondary N) is 1. The average molecular weight is 350 g/mol. The minimum absolute atomic E-state index is 0.185. The molecule has 0 amide bonds.